The molecule has 0 aliphatic heterocycles. The molecule has 0 N–H and O–H groups in total. The summed E-state index contributed by atoms with van der Waals surface area (Å²) in [5.41, 5.74) is 22.0. The Morgan fingerprint density at radius 2 is 0.686 bits per heavy atom. The molecule has 13 rings (SSSR count). The van der Waals surface area contributed by atoms with Crippen LogP contribution >= 0.6 is 0 Å². The van der Waals surface area contributed by atoms with E-state index in [4.69, 9.17) is 0 Å². The van der Waals surface area contributed by atoms with Gasteiger partial charge in [0.05, 0.1) is 44.5 Å². The lowest BCUT2D eigenvalue weighted by atomic mass is 9.86. The van der Waals surface area contributed by atoms with Gasteiger partial charge in [0, 0.05) is 65.8 Å². The third kappa shape index (κ3) is 6.21. The lowest BCUT2D eigenvalue weighted by Gasteiger charge is -2.27. The molecule has 9 aromatic carbocycles. The summed E-state index contributed by atoms with van der Waals surface area (Å²) in [5, 5.41) is 10.2. The molecular weight excluding hydrogens is 849 g/mol. The van der Waals surface area contributed by atoms with Crippen molar-refractivity contribution < 1.29 is 0 Å². The molecule has 4 nitrogen and oxygen atoms in total. The highest BCUT2D eigenvalue weighted by atomic mass is 15.2. The van der Waals surface area contributed by atoms with E-state index in [-0.39, 0.29) is 10.8 Å². The molecular formula is C66H58N4. The van der Waals surface area contributed by atoms with Crippen LogP contribution in [-0.2, 0) is 10.8 Å². The quantitative estimate of drug-likeness (QED) is 0.165. The van der Waals surface area contributed by atoms with Crippen LogP contribution in [0.2, 0.25) is 0 Å². The normalized spacial score (nSPS) is 12.7. The smallest absolute Gasteiger partial charge is 0.0641 e. The van der Waals surface area contributed by atoms with E-state index in [9.17, 15) is 0 Å². The van der Waals surface area contributed by atoms with Gasteiger partial charge in [-0.3, -0.25) is 0 Å². The number of hydrogen-bond donors (Lipinski definition) is 0. The predicted molar refractivity (Wildman–Crippen MR) is 301 cm³/mol. The van der Waals surface area contributed by atoms with Crippen LogP contribution in [0.25, 0.3) is 76.2 Å². The molecule has 0 amide bonds. The van der Waals surface area contributed by atoms with Crippen LogP contribution in [0.5, 0.6) is 0 Å². The van der Waals surface area contributed by atoms with Crippen molar-refractivity contribution in [2.45, 2.75) is 80.1 Å². The summed E-state index contributed by atoms with van der Waals surface area (Å²) in [5.74, 6) is 0. The third-order valence-electron chi connectivity index (χ3n) is 15.1. The Bertz CT molecular complexity index is 3920. The summed E-state index contributed by atoms with van der Waals surface area (Å²) in [6.45, 7) is 22.8. The van der Waals surface area contributed by atoms with E-state index in [1.54, 1.807) is 0 Å². The Balaban J connectivity index is 1.16. The molecule has 0 unspecified atom stereocenters. The predicted octanol–water partition coefficient (Wildman–Crippen LogP) is 18.8. The van der Waals surface area contributed by atoms with Gasteiger partial charge in [0.1, 0.15) is 0 Å². The van der Waals surface area contributed by atoms with Crippen LogP contribution in [0.3, 0.4) is 0 Å². The van der Waals surface area contributed by atoms with Gasteiger partial charge < -0.3 is 18.6 Å². The molecule has 4 heterocycles. The van der Waals surface area contributed by atoms with Crippen LogP contribution in [0, 0.1) is 27.7 Å². The minimum atomic E-state index is -0.0221. The molecule has 0 bridgehead atoms. The highest BCUT2D eigenvalue weighted by Crippen LogP contribution is 2.52. The van der Waals surface area contributed by atoms with E-state index in [0.29, 0.717) is 0 Å². The van der Waals surface area contributed by atoms with E-state index in [1.807, 2.05) is 0 Å². The Labute approximate surface area is 410 Å². The first kappa shape index (κ1) is 42.3. The number of para-hydroxylation sites is 2. The summed E-state index contributed by atoms with van der Waals surface area (Å²) >= 11 is 0. The van der Waals surface area contributed by atoms with Crippen LogP contribution in [0.4, 0.5) is 34.1 Å². The Morgan fingerprint density at radius 1 is 0.314 bits per heavy atom. The van der Waals surface area contributed by atoms with Gasteiger partial charge in [0.25, 0.3) is 0 Å². The fraction of sp³-hybridized carbons (Fsp3) is 0.182. The molecule has 0 radical (unpaired) electrons. The summed E-state index contributed by atoms with van der Waals surface area (Å²) < 4.78 is 5.17. The number of aromatic nitrogens is 2. The van der Waals surface area contributed by atoms with Crippen LogP contribution in [0.1, 0.15) is 74.9 Å². The van der Waals surface area contributed by atoms with Gasteiger partial charge in [0.2, 0.25) is 0 Å². The van der Waals surface area contributed by atoms with Crippen molar-refractivity contribution >= 4 is 110 Å². The zero-order valence-electron chi connectivity index (χ0n) is 42.0. The molecule has 0 fully saturated rings. The van der Waals surface area contributed by atoms with Crippen molar-refractivity contribution in [2.75, 3.05) is 9.80 Å². The zero-order valence-corrected chi connectivity index (χ0v) is 42.0. The topological polar surface area (TPSA) is 15.3 Å². The number of anilines is 6. The largest absolute Gasteiger partial charge is 0.310 e. The average Bonchev–Trinajstić information content (AvgIpc) is 4.04. The maximum Gasteiger partial charge on any atom is 0.0641 e. The number of benzene rings is 9. The third-order valence-corrected chi connectivity index (χ3v) is 15.1. The number of rotatable bonds is 6. The highest BCUT2D eigenvalue weighted by molar-refractivity contribution is 6.32. The molecule has 0 aliphatic rings. The molecule has 70 heavy (non-hydrogen) atoms. The number of aryl methyl sites for hydroxylation is 4. The van der Waals surface area contributed by atoms with Gasteiger partial charge in [0.15, 0.2) is 0 Å². The first-order valence-electron chi connectivity index (χ1n) is 24.9. The molecule has 0 saturated carbocycles. The second-order valence-corrected chi connectivity index (χ2v) is 22.3. The molecule has 342 valence electrons. The molecule has 13 aromatic rings. The fourth-order valence-electron chi connectivity index (χ4n) is 12.0. The van der Waals surface area contributed by atoms with Crippen molar-refractivity contribution in [2.24, 2.45) is 0 Å². The number of nitrogens with zero attached hydrogens (tertiary/aromatic N) is 4. The van der Waals surface area contributed by atoms with E-state index >= 15 is 0 Å². The maximum atomic E-state index is 2.58. The fourth-order valence-corrected chi connectivity index (χ4v) is 12.0. The van der Waals surface area contributed by atoms with Crippen molar-refractivity contribution in [3.05, 3.63) is 203 Å². The highest BCUT2D eigenvalue weighted by Gasteiger charge is 2.29. The molecule has 0 saturated heterocycles. The van der Waals surface area contributed by atoms with Gasteiger partial charge in [-0.05, 0) is 169 Å². The van der Waals surface area contributed by atoms with Crippen LogP contribution in [-0.4, -0.2) is 8.80 Å². The Morgan fingerprint density at radius 3 is 1.04 bits per heavy atom. The lowest BCUT2D eigenvalue weighted by molar-refractivity contribution is 0.591. The minimum absolute atomic E-state index is 0.0221. The van der Waals surface area contributed by atoms with E-state index in [2.05, 4.69) is 258 Å². The van der Waals surface area contributed by atoms with Gasteiger partial charge in [-0.2, -0.15) is 0 Å². The summed E-state index contributed by atoms with van der Waals surface area (Å²) in [6, 6.07) is 64.7. The van der Waals surface area contributed by atoms with Crippen molar-refractivity contribution in [1.29, 1.82) is 0 Å². The van der Waals surface area contributed by atoms with E-state index in [1.165, 1.54) is 132 Å². The van der Waals surface area contributed by atoms with E-state index < -0.39 is 0 Å². The molecule has 4 aromatic heterocycles. The first-order chi connectivity index (χ1) is 33.6. The van der Waals surface area contributed by atoms with Gasteiger partial charge >= 0.3 is 0 Å². The van der Waals surface area contributed by atoms with Crippen LogP contribution in [0.15, 0.2) is 170 Å². The van der Waals surface area contributed by atoms with Gasteiger partial charge in [-0.1, -0.05) is 114 Å². The van der Waals surface area contributed by atoms with Crippen molar-refractivity contribution in [3.8, 4) is 0 Å². The SMILES string of the molecule is Cc1cc(C)cc(N(c2ccccc2)c2ccc3c4cc5c(cc4n4c6ccc(C(C)(C)C)cc6c2c34)c2ccc(N(c3ccccc3)c3cc(C)cc(C)c3)c3c4cc(C(C)(C)C)ccc4n5c23)c1. The second-order valence-electron chi connectivity index (χ2n) is 22.3. The summed E-state index contributed by atoms with van der Waals surface area (Å²) in [7, 11) is 0. The van der Waals surface area contributed by atoms with Crippen molar-refractivity contribution in [3.63, 3.8) is 0 Å². The molecule has 0 atom stereocenters. The molecule has 0 aliphatic carbocycles. The average molecular weight is 907 g/mol. The lowest BCUT2D eigenvalue weighted by Crippen LogP contribution is -2.11. The minimum Gasteiger partial charge on any atom is -0.310 e. The number of hydrogen-bond acceptors (Lipinski definition) is 2. The standard InChI is InChI=1S/C66H58N4/c1-39-29-40(2)32-47(31-39)67(45-17-13-11-14-18-45)57-27-23-49-51-37-60-52(38-59(51)69-55-25-21-43(65(5,6)7)35-53(55)61(57)63(49)69)50-24-28-58(62-54-36-44(66(8,9)10)22-26-56(54)70(60)64(50)62)68(46-19-15-12-16-20-46)48-33-41(3)30-42(4)34-48/h11-38H,1-10H3. The Hall–Kier alpha value is -7.82. The van der Waals surface area contributed by atoms with Gasteiger partial charge in [-0.25, -0.2) is 0 Å². The van der Waals surface area contributed by atoms with Crippen LogP contribution < -0.4 is 9.80 Å². The Kier molecular flexibility index (Phi) is 8.97. The van der Waals surface area contributed by atoms with Crippen molar-refractivity contribution in [1.82, 2.24) is 8.80 Å². The monoisotopic (exact) mass is 906 g/mol. The first-order valence-corrected chi connectivity index (χ1v) is 24.9. The van der Waals surface area contributed by atoms with Gasteiger partial charge in [-0.15, -0.1) is 0 Å². The summed E-state index contributed by atoms with van der Waals surface area (Å²) in [6.07, 6.45) is 0. The molecule has 4 heteroatoms. The second kappa shape index (κ2) is 14.8. The maximum absolute atomic E-state index is 2.58. The molecule has 0 spiro atoms. The summed E-state index contributed by atoms with van der Waals surface area (Å²) in [4.78, 5) is 4.96. The van der Waals surface area contributed by atoms with E-state index in [0.717, 1.165) is 11.4 Å². The zero-order chi connectivity index (χ0) is 48.1. The number of fused-ring (bicyclic) bond motifs is 12.